The number of amides is 1. The third-order valence-corrected chi connectivity index (χ3v) is 9.59. The zero-order chi connectivity index (χ0) is 17.6. The molecule has 138 valence electrons. The van der Waals surface area contributed by atoms with E-state index in [1.54, 1.807) is 6.92 Å². The van der Waals surface area contributed by atoms with Crippen LogP contribution >= 0.6 is 0 Å². The molecule has 5 aliphatic carbocycles. The van der Waals surface area contributed by atoms with E-state index >= 15 is 0 Å². The molecule has 25 heavy (non-hydrogen) atoms. The number of fused-ring (bicyclic) bond motifs is 2. The van der Waals surface area contributed by atoms with Gasteiger partial charge in [-0.05, 0) is 79.1 Å². The molecule has 3 nitrogen and oxygen atoms in total. The van der Waals surface area contributed by atoms with Crippen molar-refractivity contribution in [1.82, 2.24) is 4.90 Å². The van der Waals surface area contributed by atoms with Crippen LogP contribution in [-0.2, 0) is 4.79 Å². The molecule has 3 unspecified atom stereocenters. The number of hydrogen-bond acceptors (Lipinski definition) is 2. The number of aliphatic hydroxyl groups excluding tert-OH is 1. The highest BCUT2D eigenvalue weighted by Gasteiger charge is 2.69. The second kappa shape index (κ2) is 4.91. The van der Waals surface area contributed by atoms with Crippen LogP contribution < -0.4 is 0 Å². The van der Waals surface area contributed by atoms with Crippen LogP contribution in [0.15, 0.2) is 12.2 Å². The average molecular weight is 344 g/mol. The third kappa shape index (κ3) is 1.84. The molecule has 0 aromatic carbocycles. The molecule has 1 heterocycles. The molecular formula is C22H33NO2. The van der Waals surface area contributed by atoms with E-state index in [2.05, 4.69) is 18.4 Å². The highest BCUT2D eigenvalue weighted by atomic mass is 16.3. The van der Waals surface area contributed by atoms with Gasteiger partial charge in [-0.3, -0.25) is 4.79 Å². The summed E-state index contributed by atoms with van der Waals surface area (Å²) < 4.78 is 0. The molecule has 1 aliphatic heterocycles. The van der Waals surface area contributed by atoms with Crippen LogP contribution in [0.1, 0.15) is 65.2 Å². The maximum atomic E-state index is 12.3. The molecule has 6 aliphatic rings. The van der Waals surface area contributed by atoms with Crippen molar-refractivity contribution in [2.45, 2.75) is 71.3 Å². The van der Waals surface area contributed by atoms with Crippen molar-refractivity contribution in [3.63, 3.8) is 0 Å². The van der Waals surface area contributed by atoms with E-state index in [1.165, 1.54) is 51.4 Å². The van der Waals surface area contributed by atoms with E-state index in [4.69, 9.17) is 0 Å². The van der Waals surface area contributed by atoms with Gasteiger partial charge in [-0.25, -0.2) is 0 Å². The fourth-order valence-electron chi connectivity index (χ4n) is 8.64. The van der Waals surface area contributed by atoms with Crippen LogP contribution in [0.5, 0.6) is 0 Å². The number of carbonyl (C=O) groups is 1. The van der Waals surface area contributed by atoms with Crippen LogP contribution in [0.2, 0.25) is 0 Å². The zero-order valence-electron chi connectivity index (χ0n) is 15.9. The summed E-state index contributed by atoms with van der Waals surface area (Å²) in [5.41, 5.74) is 1.70. The van der Waals surface area contributed by atoms with Crippen molar-refractivity contribution in [2.24, 2.45) is 34.0 Å². The second-order valence-electron chi connectivity index (χ2n) is 10.4. The molecule has 1 amide bonds. The van der Waals surface area contributed by atoms with Crippen molar-refractivity contribution >= 4 is 5.91 Å². The number of likely N-dealkylation sites (tertiary alicyclic amines) is 1. The van der Waals surface area contributed by atoms with Crippen LogP contribution in [0.4, 0.5) is 0 Å². The van der Waals surface area contributed by atoms with E-state index in [9.17, 15) is 9.90 Å². The molecule has 1 N–H and O–H groups in total. The van der Waals surface area contributed by atoms with Gasteiger partial charge in [0, 0.05) is 25.4 Å². The van der Waals surface area contributed by atoms with Gasteiger partial charge in [0.05, 0.1) is 6.10 Å². The molecule has 7 atom stereocenters. The Labute approximate surface area is 151 Å². The van der Waals surface area contributed by atoms with Gasteiger partial charge in [-0.2, -0.15) is 0 Å². The lowest BCUT2D eigenvalue weighted by molar-refractivity contribution is -0.238. The summed E-state index contributed by atoms with van der Waals surface area (Å²) in [6, 6.07) is 0. The molecule has 3 heteroatoms. The normalized spacial score (nSPS) is 54.0. The standard InChI is InChI=1S/C22H33NO2/c1-14-16-5-9-21(19(14)25)10-6-17-20(3)7-4-8-22(17,18(21)11-16)13-23(12-20)15(2)24/h16-19,25H,1,4-13H2,2-3H3/t16?,17-,18?,19+,20+,21+,22?/m1/s1. The van der Waals surface area contributed by atoms with Crippen molar-refractivity contribution in [1.29, 1.82) is 0 Å². The molecule has 1 saturated heterocycles. The molecule has 4 bridgehead atoms. The fourth-order valence-corrected chi connectivity index (χ4v) is 8.64. The summed E-state index contributed by atoms with van der Waals surface area (Å²) >= 11 is 0. The monoisotopic (exact) mass is 343 g/mol. The first-order chi connectivity index (χ1) is 11.8. The number of piperidine rings is 1. The summed E-state index contributed by atoms with van der Waals surface area (Å²) in [5, 5.41) is 11.2. The first-order valence-electron chi connectivity index (χ1n) is 10.4. The van der Waals surface area contributed by atoms with E-state index in [1.807, 2.05) is 0 Å². The third-order valence-electron chi connectivity index (χ3n) is 9.59. The Kier molecular flexibility index (Phi) is 3.21. The maximum absolute atomic E-state index is 12.3. The topological polar surface area (TPSA) is 40.5 Å². The van der Waals surface area contributed by atoms with Gasteiger partial charge in [0.2, 0.25) is 5.91 Å². The van der Waals surface area contributed by atoms with Crippen LogP contribution in [0.3, 0.4) is 0 Å². The van der Waals surface area contributed by atoms with Crippen molar-refractivity contribution in [3.8, 4) is 0 Å². The van der Waals surface area contributed by atoms with E-state index < -0.39 is 0 Å². The molecule has 0 radical (unpaired) electrons. The minimum atomic E-state index is -0.304. The number of nitrogens with zero attached hydrogens (tertiary/aromatic N) is 1. The lowest BCUT2D eigenvalue weighted by Gasteiger charge is -2.72. The van der Waals surface area contributed by atoms with Gasteiger partial charge in [0.15, 0.2) is 0 Å². The van der Waals surface area contributed by atoms with Gasteiger partial charge < -0.3 is 10.0 Å². The second-order valence-corrected chi connectivity index (χ2v) is 10.4. The molecule has 0 aromatic rings. The SMILES string of the molecule is C=C1C2CC[C@@]3(CC[C@H]4C5(CCC[C@@]4(C)CN(C(C)=O)C5)C3C2)[C@H]1O. The summed E-state index contributed by atoms with van der Waals surface area (Å²) in [6.07, 6.45) is 9.55. The Morgan fingerprint density at radius 3 is 2.64 bits per heavy atom. The minimum absolute atomic E-state index is 0.0559. The fraction of sp³-hybridized carbons (Fsp3) is 0.864. The number of hydrogen-bond donors (Lipinski definition) is 1. The molecule has 6 rings (SSSR count). The van der Waals surface area contributed by atoms with E-state index in [0.717, 1.165) is 24.6 Å². The summed E-state index contributed by atoms with van der Waals surface area (Å²) in [5.74, 6) is 2.08. The van der Waals surface area contributed by atoms with Crippen LogP contribution in [0.25, 0.3) is 0 Å². The van der Waals surface area contributed by atoms with Crippen LogP contribution in [0, 0.1) is 34.0 Å². The Morgan fingerprint density at radius 1 is 1.12 bits per heavy atom. The smallest absolute Gasteiger partial charge is 0.219 e. The van der Waals surface area contributed by atoms with Crippen molar-refractivity contribution in [2.75, 3.05) is 13.1 Å². The Bertz CT molecular complexity index is 644. The Morgan fingerprint density at radius 2 is 1.88 bits per heavy atom. The predicted octanol–water partition coefficient (Wildman–Crippen LogP) is 3.77. The van der Waals surface area contributed by atoms with Crippen molar-refractivity contribution < 1.29 is 9.90 Å². The molecule has 5 saturated carbocycles. The zero-order valence-corrected chi connectivity index (χ0v) is 15.9. The quantitative estimate of drug-likeness (QED) is 0.680. The minimum Gasteiger partial charge on any atom is -0.388 e. The van der Waals surface area contributed by atoms with Gasteiger partial charge >= 0.3 is 0 Å². The number of carbonyl (C=O) groups excluding carboxylic acids is 1. The first-order valence-corrected chi connectivity index (χ1v) is 10.4. The molecule has 1 spiro atoms. The van der Waals surface area contributed by atoms with Gasteiger partial charge in [0.1, 0.15) is 0 Å². The van der Waals surface area contributed by atoms with Crippen LogP contribution in [-0.4, -0.2) is 35.1 Å². The predicted molar refractivity (Wildman–Crippen MR) is 97.8 cm³/mol. The number of aliphatic hydroxyl groups is 1. The lowest BCUT2D eigenvalue weighted by Crippen LogP contribution is -2.71. The Hall–Kier alpha value is -0.830. The summed E-state index contributed by atoms with van der Waals surface area (Å²) in [6.45, 7) is 10.4. The highest BCUT2D eigenvalue weighted by molar-refractivity contribution is 5.73. The van der Waals surface area contributed by atoms with Gasteiger partial charge in [-0.1, -0.05) is 19.9 Å². The Balaban J connectivity index is 1.63. The summed E-state index contributed by atoms with van der Waals surface area (Å²) in [4.78, 5) is 14.5. The first kappa shape index (κ1) is 16.4. The van der Waals surface area contributed by atoms with Crippen molar-refractivity contribution in [3.05, 3.63) is 12.2 Å². The van der Waals surface area contributed by atoms with E-state index in [0.29, 0.717) is 11.8 Å². The number of rotatable bonds is 0. The highest BCUT2D eigenvalue weighted by Crippen LogP contribution is 2.73. The molecule has 0 aromatic heterocycles. The average Bonchev–Trinajstić information content (AvgIpc) is 2.57. The lowest BCUT2D eigenvalue weighted by atomic mass is 9.35. The molecule has 6 fully saturated rings. The largest absolute Gasteiger partial charge is 0.388 e. The summed E-state index contributed by atoms with van der Waals surface area (Å²) in [7, 11) is 0. The maximum Gasteiger partial charge on any atom is 0.219 e. The van der Waals surface area contributed by atoms with E-state index in [-0.39, 0.29) is 28.3 Å². The molecular weight excluding hydrogens is 310 g/mol. The van der Waals surface area contributed by atoms with Gasteiger partial charge in [0.25, 0.3) is 0 Å². The van der Waals surface area contributed by atoms with Gasteiger partial charge in [-0.15, -0.1) is 0 Å².